The molecule has 1 fully saturated rings. The summed E-state index contributed by atoms with van der Waals surface area (Å²) in [6, 6.07) is 0. The third kappa shape index (κ3) is 4.82. The van der Waals surface area contributed by atoms with Gasteiger partial charge in [-0.3, -0.25) is 9.00 Å². The van der Waals surface area contributed by atoms with Crippen molar-refractivity contribution < 1.29 is 22.5 Å². The summed E-state index contributed by atoms with van der Waals surface area (Å²) >= 11 is 0. The molecule has 1 N–H and O–H groups in total. The van der Waals surface area contributed by atoms with Gasteiger partial charge >= 0.3 is 5.97 Å². The first kappa shape index (κ1) is 17.6. The van der Waals surface area contributed by atoms with Crippen molar-refractivity contribution in [3.05, 3.63) is 0 Å². The van der Waals surface area contributed by atoms with Crippen molar-refractivity contribution in [2.45, 2.75) is 31.9 Å². The van der Waals surface area contributed by atoms with Crippen LogP contribution < -0.4 is 0 Å². The molecule has 20 heavy (non-hydrogen) atoms. The molecule has 1 heterocycles. The number of carboxylic acids is 1. The molecule has 0 aromatic carbocycles. The van der Waals surface area contributed by atoms with Gasteiger partial charge in [0.05, 0.1) is 6.26 Å². The van der Waals surface area contributed by atoms with E-state index < -0.39 is 32.0 Å². The summed E-state index contributed by atoms with van der Waals surface area (Å²) in [6.07, 6.45) is 2.69. The Morgan fingerprint density at radius 2 is 2.05 bits per heavy atom. The van der Waals surface area contributed by atoms with Crippen LogP contribution in [-0.2, 0) is 25.6 Å². The zero-order valence-corrected chi connectivity index (χ0v) is 13.7. The molecule has 0 saturated carbocycles. The van der Waals surface area contributed by atoms with E-state index in [1.165, 1.54) is 10.6 Å². The number of piperidine rings is 1. The Bertz CT molecular complexity index is 474. The van der Waals surface area contributed by atoms with Crippen LogP contribution in [0.2, 0.25) is 0 Å². The maximum atomic E-state index is 12.2. The maximum Gasteiger partial charge on any atom is 0.319 e. The molecule has 0 amide bonds. The van der Waals surface area contributed by atoms with Gasteiger partial charge in [0.2, 0.25) is 10.0 Å². The topological polar surface area (TPSA) is 91.8 Å². The number of hydrogen-bond donors (Lipinski definition) is 1. The monoisotopic (exact) mass is 325 g/mol. The summed E-state index contributed by atoms with van der Waals surface area (Å²) in [7, 11) is -4.71. The lowest BCUT2D eigenvalue weighted by atomic mass is 10.0. The lowest BCUT2D eigenvalue weighted by molar-refractivity contribution is -0.137. The van der Waals surface area contributed by atoms with E-state index in [0.29, 0.717) is 13.1 Å². The average molecular weight is 325 g/mol. The standard InChI is InChI=1S/C12H23NO5S2/c1-9(2)11(12(14)15)19(16)8-10-5-4-6-13(7-10)20(3,17)18/h9-11H,4-8H2,1-3H3,(H,14,15). The molecule has 1 rings (SSSR count). The Labute approximate surface area is 123 Å². The van der Waals surface area contributed by atoms with Crippen molar-refractivity contribution >= 4 is 26.8 Å². The Balaban J connectivity index is 2.68. The second kappa shape index (κ2) is 7.00. The number of carboxylic acid groups (broad SMARTS) is 1. The van der Waals surface area contributed by atoms with Crippen molar-refractivity contribution in [2.24, 2.45) is 11.8 Å². The summed E-state index contributed by atoms with van der Waals surface area (Å²) in [5.41, 5.74) is 0. The summed E-state index contributed by atoms with van der Waals surface area (Å²) in [5, 5.41) is 8.24. The van der Waals surface area contributed by atoms with Crippen LogP contribution in [0, 0.1) is 11.8 Å². The molecular weight excluding hydrogens is 302 g/mol. The summed E-state index contributed by atoms with van der Waals surface area (Å²) in [6.45, 7) is 4.31. The highest BCUT2D eigenvalue weighted by molar-refractivity contribution is 7.88. The normalized spacial score (nSPS) is 24.5. The minimum Gasteiger partial charge on any atom is -0.480 e. The fourth-order valence-corrected chi connectivity index (χ4v) is 5.22. The quantitative estimate of drug-likeness (QED) is 0.768. The predicted molar refractivity (Wildman–Crippen MR) is 78.4 cm³/mol. The van der Waals surface area contributed by atoms with Crippen LogP contribution in [0.1, 0.15) is 26.7 Å². The van der Waals surface area contributed by atoms with Gasteiger partial charge in [0.15, 0.2) is 0 Å². The molecule has 3 unspecified atom stereocenters. The van der Waals surface area contributed by atoms with Gasteiger partial charge in [0, 0.05) is 29.6 Å². The molecule has 8 heteroatoms. The van der Waals surface area contributed by atoms with Crippen LogP contribution in [0.25, 0.3) is 0 Å². The van der Waals surface area contributed by atoms with Crippen LogP contribution in [-0.4, -0.2) is 58.4 Å². The van der Waals surface area contributed by atoms with Gasteiger partial charge in [-0.1, -0.05) is 13.8 Å². The minimum absolute atomic E-state index is 0.0279. The zero-order chi connectivity index (χ0) is 15.5. The molecule has 1 aliphatic rings. The van der Waals surface area contributed by atoms with Gasteiger partial charge in [-0.15, -0.1) is 0 Å². The highest BCUT2D eigenvalue weighted by Gasteiger charge is 2.32. The number of nitrogens with zero attached hydrogens (tertiary/aromatic N) is 1. The van der Waals surface area contributed by atoms with Crippen molar-refractivity contribution in [1.82, 2.24) is 4.31 Å². The first-order chi connectivity index (χ1) is 9.12. The molecule has 0 aliphatic carbocycles. The van der Waals surface area contributed by atoms with Crippen molar-refractivity contribution in [2.75, 3.05) is 25.1 Å². The molecule has 6 nitrogen and oxygen atoms in total. The Kier molecular flexibility index (Phi) is 6.15. The largest absolute Gasteiger partial charge is 0.480 e. The Hall–Kier alpha value is -0.470. The molecule has 1 aliphatic heterocycles. The minimum atomic E-state index is -3.23. The van der Waals surface area contributed by atoms with Crippen LogP contribution in [0.5, 0.6) is 0 Å². The number of hydrogen-bond acceptors (Lipinski definition) is 4. The molecule has 3 atom stereocenters. The Morgan fingerprint density at radius 3 is 2.50 bits per heavy atom. The second-order valence-corrected chi connectivity index (χ2v) is 9.26. The average Bonchev–Trinajstić information content (AvgIpc) is 2.26. The molecule has 1 saturated heterocycles. The lowest BCUT2D eigenvalue weighted by Gasteiger charge is -2.31. The van der Waals surface area contributed by atoms with E-state index in [-0.39, 0.29) is 17.6 Å². The van der Waals surface area contributed by atoms with E-state index in [0.717, 1.165) is 12.8 Å². The highest BCUT2D eigenvalue weighted by atomic mass is 32.2. The van der Waals surface area contributed by atoms with Gasteiger partial charge in [-0.05, 0) is 24.7 Å². The molecular formula is C12H23NO5S2. The first-order valence-corrected chi connectivity index (χ1v) is 9.91. The van der Waals surface area contributed by atoms with Gasteiger partial charge in [0.25, 0.3) is 0 Å². The molecule has 118 valence electrons. The van der Waals surface area contributed by atoms with E-state index in [9.17, 15) is 17.4 Å². The van der Waals surface area contributed by atoms with Crippen LogP contribution in [0.15, 0.2) is 0 Å². The second-order valence-electron chi connectivity index (χ2n) is 5.68. The van der Waals surface area contributed by atoms with Gasteiger partial charge in [0.1, 0.15) is 5.25 Å². The van der Waals surface area contributed by atoms with E-state index in [1.807, 2.05) is 0 Å². The first-order valence-electron chi connectivity index (χ1n) is 6.68. The molecule has 0 radical (unpaired) electrons. The fraction of sp³-hybridized carbons (Fsp3) is 0.917. The molecule has 0 spiro atoms. The molecule has 0 aromatic heterocycles. The maximum absolute atomic E-state index is 12.2. The number of carbonyl (C=O) groups is 1. The predicted octanol–water partition coefficient (Wildman–Crippen LogP) is 0.516. The van der Waals surface area contributed by atoms with Crippen molar-refractivity contribution in [3.8, 4) is 0 Å². The molecule has 0 bridgehead atoms. The van der Waals surface area contributed by atoms with E-state index in [2.05, 4.69) is 0 Å². The third-order valence-corrected chi connectivity index (χ3v) is 6.86. The van der Waals surface area contributed by atoms with Gasteiger partial charge < -0.3 is 5.11 Å². The van der Waals surface area contributed by atoms with E-state index >= 15 is 0 Å². The highest BCUT2D eigenvalue weighted by Crippen LogP contribution is 2.22. The van der Waals surface area contributed by atoms with E-state index in [4.69, 9.17) is 5.11 Å². The summed E-state index contributed by atoms with van der Waals surface area (Å²) < 4.78 is 36.7. The van der Waals surface area contributed by atoms with Crippen LogP contribution in [0.3, 0.4) is 0 Å². The lowest BCUT2D eigenvalue weighted by Crippen LogP contribution is -2.42. The number of rotatable bonds is 6. The summed E-state index contributed by atoms with van der Waals surface area (Å²) in [4.78, 5) is 11.1. The fourth-order valence-electron chi connectivity index (χ4n) is 2.50. The smallest absolute Gasteiger partial charge is 0.319 e. The van der Waals surface area contributed by atoms with E-state index in [1.54, 1.807) is 13.8 Å². The van der Waals surface area contributed by atoms with Crippen molar-refractivity contribution in [3.63, 3.8) is 0 Å². The summed E-state index contributed by atoms with van der Waals surface area (Å²) in [5.74, 6) is -1.03. The van der Waals surface area contributed by atoms with Gasteiger partial charge in [-0.2, -0.15) is 0 Å². The van der Waals surface area contributed by atoms with Crippen molar-refractivity contribution in [1.29, 1.82) is 0 Å². The van der Waals surface area contributed by atoms with Crippen LogP contribution in [0.4, 0.5) is 0 Å². The SMILES string of the molecule is CC(C)C(C(=O)O)S(=O)CC1CCCN(S(C)(=O)=O)C1. The third-order valence-electron chi connectivity index (χ3n) is 3.48. The van der Waals surface area contributed by atoms with Crippen LogP contribution >= 0.6 is 0 Å². The number of aliphatic carboxylic acids is 1. The molecule has 0 aromatic rings. The Morgan fingerprint density at radius 1 is 1.45 bits per heavy atom. The van der Waals surface area contributed by atoms with Gasteiger partial charge in [-0.25, -0.2) is 12.7 Å². The zero-order valence-electron chi connectivity index (χ0n) is 12.1. The number of sulfonamides is 1.